The van der Waals surface area contributed by atoms with E-state index < -0.39 is 0 Å². The number of nitrogens with zero attached hydrogens (tertiary/aromatic N) is 1. The van der Waals surface area contributed by atoms with Gasteiger partial charge in [-0.1, -0.05) is 66.4 Å². The van der Waals surface area contributed by atoms with Gasteiger partial charge >= 0.3 is 0 Å². The van der Waals surface area contributed by atoms with Crippen molar-refractivity contribution >= 4 is 29.1 Å². The lowest BCUT2D eigenvalue weighted by Gasteiger charge is -2.46. The first-order chi connectivity index (χ1) is 14.6. The first kappa shape index (κ1) is 21.5. The van der Waals surface area contributed by atoms with E-state index in [-0.39, 0.29) is 23.8 Å². The van der Waals surface area contributed by atoms with E-state index in [4.69, 9.17) is 23.2 Å². The lowest BCUT2D eigenvalue weighted by Crippen LogP contribution is -2.48. The minimum Gasteiger partial charge on any atom is -0.335 e. The molecule has 2 aromatic rings. The standard InChI is InChI=1S/C26H29Cl2NO/c1-2-6-21-16-24(20-9-5-10-23(28)15-20)25(19-11-13-22(27)14-12-19)29(26(21)30)17-18-7-3-4-8-18/h2,5,9-15,18,21,24-25H,1,3-4,6-8,16-17H2/t21-,24?,25-/m1/s1. The molecule has 0 radical (unpaired) electrons. The van der Waals surface area contributed by atoms with Gasteiger partial charge in [-0.05, 0) is 67.0 Å². The van der Waals surface area contributed by atoms with Crippen LogP contribution in [0, 0.1) is 11.8 Å². The Morgan fingerprint density at radius 2 is 1.73 bits per heavy atom. The van der Waals surface area contributed by atoms with Crippen molar-refractivity contribution in [3.8, 4) is 0 Å². The second-order valence-electron chi connectivity index (χ2n) is 8.76. The van der Waals surface area contributed by atoms with Crippen molar-refractivity contribution in [2.45, 2.75) is 50.5 Å². The largest absolute Gasteiger partial charge is 0.335 e. The smallest absolute Gasteiger partial charge is 0.226 e. The molecule has 1 unspecified atom stereocenters. The fourth-order valence-corrected chi connectivity index (χ4v) is 5.65. The van der Waals surface area contributed by atoms with E-state index >= 15 is 0 Å². The maximum Gasteiger partial charge on any atom is 0.226 e. The molecule has 4 heteroatoms. The Bertz CT molecular complexity index is 888. The quantitative estimate of drug-likeness (QED) is 0.426. The van der Waals surface area contributed by atoms with Gasteiger partial charge in [-0.3, -0.25) is 4.79 Å². The number of hydrogen-bond acceptors (Lipinski definition) is 1. The summed E-state index contributed by atoms with van der Waals surface area (Å²) in [6.45, 7) is 4.74. The van der Waals surface area contributed by atoms with Gasteiger partial charge in [-0.25, -0.2) is 0 Å². The van der Waals surface area contributed by atoms with Gasteiger partial charge in [0.1, 0.15) is 0 Å². The minimum atomic E-state index is -0.0311. The fraction of sp³-hybridized carbons (Fsp3) is 0.423. The van der Waals surface area contributed by atoms with Crippen LogP contribution in [0.25, 0.3) is 0 Å². The molecule has 1 aliphatic carbocycles. The average Bonchev–Trinajstić information content (AvgIpc) is 3.25. The molecule has 0 bridgehead atoms. The number of benzene rings is 2. The van der Waals surface area contributed by atoms with Gasteiger partial charge < -0.3 is 4.90 Å². The molecule has 2 nitrogen and oxygen atoms in total. The average molecular weight is 442 g/mol. The van der Waals surface area contributed by atoms with E-state index in [9.17, 15) is 4.79 Å². The molecule has 2 fully saturated rings. The summed E-state index contributed by atoms with van der Waals surface area (Å²) in [5.41, 5.74) is 2.34. The highest BCUT2D eigenvalue weighted by Crippen LogP contribution is 2.47. The molecule has 1 aliphatic heterocycles. The number of halogens is 2. The van der Waals surface area contributed by atoms with Crippen molar-refractivity contribution in [1.82, 2.24) is 4.90 Å². The molecule has 4 rings (SSSR count). The molecule has 1 saturated heterocycles. The summed E-state index contributed by atoms with van der Waals surface area (Å²) in [4.78, 5) is 15.8. The fourth-order valence-electron chi connectivity index (χ4n) is 5.33. The highest BCUT2D eigenvalue weighted by atomic mass is 35.5. The van der Waals surface area contributed by atoms with Crippen LogP contribution < -0.4 is 0 Å². The summed E-state index contributed by atoms with van der Waals surface area (Å²) in [5.74, 6) is 1.01. The molecule has 0 spiro atoms. The number of carbonyl (C=O) groups is 1. The Balaban J connectivity index is 1.78. The third kappa shape index (κ3) is 4.60. The predicted octanol–water partition coefficient (Wildman–Crippen LogP) is 7.43. The summed E-state index contributed by atoms with van der Waals surface area (Å²) < 4.78 is 0. The highest BCUT2D eigenvalue weighted by molar-refractivity contribution is 6.30. The van der Waals surface area contributed by atoms with Crippen molar-refractivity contribution in [2.24, 2.45) is 11.8 Å². The monoisotopic (exact) mass is 441 g/mol. The van der Waals surface area contributed by atoms with Crippen LogP contribution in [0.15, 0.2) is 61.2 Å². The van der Waals surface area contributed by atoms with Crippen LogP contribution in [0.2, 0.25) is 10.0 Å². The zero-order chi connectivity index (χ0) is 21.1. The van der Waals surface area contributed by atoms with Crippen molar-refractivity contribution < 1.29 is 4.79 Å². The Labute approximate surface area is 189 Å². The Hall–Kier alpha value is -1.77. The van der Waals surface area contributed by atoms with Gasteiger partial charge in [0, 0.05) is 28.4 Å². The highest BCUT2D eigenvalue weighted by Gasteiger charge is 2.43. The molecular formula is C26H29Cl2NO. The van der Waals surface area contributed by atoms with Crippen LogP contribution in [0.1, 0.15) is 61.6 Å². The van der Waals surface area contributed by atoms with Gasteiger partial charge in [-0.2, -0.15) is 0 Å². The number of likely N-dealkylation sites (tertiary alicyclic amines) is 1. The lowest BCUT2D eigenvalue weighted by atomic mass is 9.74. The van der Waals surface area contributed by atoms with E-state index in [1.54, 1.807) is 0 Å². The molecule has 3 atom stereocenters. The molecule has 30 heavy (non-hydrogen) atoms. The van der Waals surface area contributed by atoms with Crippen molar-refractivity contribution in [3.63, 3.8) is 0 Å². The van der Waals surface area contributed by atoms with Crippen LogP contribution in [-0.2, 0) is 4.79 Å². The lowest BCUT2D eigenvalue weighted by molar-refractivity contribution is -0.144. The van der Waals surface area contributed by atoms with Crippen molar-refractivity contribution in [3.05, 3.63) is 82.4 Å². The van der Waals surface area contributed by atoms with E-state index in [0.29, 0.717) is 17.4 Å². The Morgan fingerprint density at radius 3 is 2.40 bits per heavy atom. The Morgan fingerprint density at radius 1 is 1.00 bits per heavy atom. The van der Waals surface area contributed by atoms with Gasteiger partial charge in [0.15, 0.2) is 0 Å². The van der Waals surface area contributed by atoms with Crippen LogP contribution in [0.4, 0.5) is 0 Å². The maximum atomic E-state index is 13.6. The molecule has 1 amide bonds. The van der Waals surface area contributed by atoms with E-state index in [2.05, 4.69) is 35.7 Å². The molecule has 2 aromatic carbocycles. The van der Waals surface area contributed by atoms with Crippen molar-refractivity contribution in [2.75, 3.05) is 6.54 Å². The SMILES string of the molecule is C=CC[C@@H]1CC(c2cccc(Cl)c2)[C@@H](c2ccc(Cl)cc2)N(CC2CCCC2)C1=O. The minimum absolute atomic E-state index is 0.00472. The van der Waals surface area contributed by atoms with Crippen LogP contribution in [0.3, 0.4) is 0 Å². The number of piperidine rings is 1. The Kier molecular flexibility index (Phi) is 6.85. The summed E-state index contributed by atoms with van der Waals surface area (Å²) in [7, 11) is 0. The molecule has 1 heterocycles. The zero-order valence-electron chi connectivity index (χ0n) is 17.3. The van der Waals surface area contributed by atoms with Gasteiger partial charge in [0.05, 0.1) is 6.04 Å². The topological polar surface area (TPSA) is 20.3 Å². The predicted molar refractivity (Wildman–Crippen MR) is 125 cm³/mol. The molecular weight excluding hydrogens is 413 g/mol. The summed E-state index contributed by atoms with van der Waals surface area (Å²) in [6.07, 6.45) is 8.37. The summed E-state index contributed by atoms with van der Waals surface area (Å²) >= 11 is 12.5. The third-order valence-corrected chi connectivity index (χ3v) is 7.24. The van der Waals surface area contributed by atoms with Crippen molar-refractivity contribution in [1.29, 1.82) is 0 Å². The number of hydrogen-bond donors (Lipinski definition) is 0. The molecule has 0 N–H and O–H groups in total. The second-order valence-corrected chi connectivity index (χ2v) is 9.63. The molecule has 158 valence electrons. The first-order valence-corrected chi connectivity index (χ1v) is 11.7. The molecule has 1 saturated carbocycles. The van der Waals surface area contributed by atoms with Gasteiger partial charge in [0.2, 0.25) is 5.91 Å². The first-order valence-electron chi connectivity index (χ1n) is 11.0. The zero-order valence-corrected chi connectivity index (χ0v) is 18.8. The maximum absolute atomic E-state index is 13.6. The number of carbonyl (C=O) groups excluding carboxylic acids is 1. The number of allylic oxidation sites excluding steroid dienone is 1. The van der Waals surface area contributed by atoms with Gasteiger partial charge in [0.25, 0.3) is 0 Å². The van der Waals surface area contributed by atoms with E-state index in [1.165, 1.54) is 31.2 Å². The van der Waals surface area contributed by atoms with Crippen LogP contribution >= 0.6 is 23.2 Å². The van der Waals surface area contributed by atoms with Crippen LogP contribution in [0.5, 0.6) is 0 Å². The normalized spacial score (nSPS) is 24.9. The number of amides is 1. The third-order valence-electron chi connectivity index (χ3n) is 6.76. The summed E-state index contributed by atoms with van der Waals surface area (Å²) in [5, 5.41) is 1.45. The van der Waals surface area contributed by atoms with Crippen LogP contribution in [-0.4, -0.2) is 17.4 Å². The second kappa shape index (κ2) is 9.58. The van der Waals surface area contributed by atoms with E-state index in [1.807, 2.05) is 30.3 Å². The number of rotatable bonds is 6. The molecule has 2 aliphatic rings. The molecule has 0 aromatic heterocycles. The van der Waals surface area contributed by atoms with Gasteiger partial charge in [-0.15, -0.1) is 6.58 Å². The summed E-state index contributed by atoms with van der Waals surface area (Å²) in [6, 6.07) is 16.1. The van der Waals surface area contributed by atoms with E-state index in [0.717, 1.165) is 23.6 Å².